The Hall–Kier alpha value is -2.93. The first-order valence-electron chi connectivity index (χ1n) is 10.1. The van der Waals surface area contributed by atoms with E-state index in [9.17, 15) is 9.59 Å². The minimum absolute atomic E-state index is 0.0326. The number of likely N-dealkylation sites (tertiary alicyclic amines) is 2. The van der Waals surface area contributed by atoms with E-state index in [1.807, 2.05) is 47.4 Å². The van der Waals surface area contributed by atoms with Gasteiger partial charge in [-0.05, 0) is 57.1 Å². The lowest BCUT2D eigenvalue weighted by Gasteiger charge is -2.34. The van der Waals surface area contributed by atoms with Crippen LogP contribution in [0.25, 0.3) is 0 Å². The van der Waals surface area contributed by atoms with E-state index in [1.165, 1.54) is 0 Å². The van der Waals surface area contributed by atoms with Gasteiger partial charge in [0.05, 0.1) is 17.3 Å². The molecule has 3 amide bonds. The van der Waals surface area contributed by atoms with E-state index in [0.29, 0.717) is 25.2 Å². The average molecular weight is 393 g/mol. The van der Waals surface area contributed by atoms with Crippen LogP contribution in [-0.4, -0.2) is 59.4 Å². The van der Waals surface area contributed by atoms with Crippen LogP contribution in [0, 0.1) is 5.41 Å². The molecule has 2 aromatic rings. The quantitative estimate of drug-likeness (QED) is 0.840. The third kappa shape index (κ3) is 3.96. The van der Waals surface area contributed by atoms with E-state index < -0.39 is 5.41 Å². The number of benzene rings is 1. The normalized spacial score (nSPS) is 24.4. The van der Waals surface area contributed by atoms with Gasteiger partial charge in [0.1, 0.15) is 0 Å². The first kappa shape index (κ1) is 19.4. The van der Waals surface area contributed by atoms with Crippen LogP contribution in [0.2, 0.25) is 0 Å². The summed E-state index contributed by atoms with van der Waals surface area (Å²) in [7, 11) is 2.07. The summed E-state index contributed by atoms with van der Waals surface area (Å²) in [6.07, 6.45) is 5.58. The van der Waals surface area contributed by atoms with Gasteiger partial charge in [0.2, 0.25) is 5.91 Å². The number of urea groups is 1. The maximum Gasteiger partial charge on any atom is 0.321 e. The Bertz CT molecular complexity index is 860. The van der Waals surface area contributed by atoms with E-state index in [-0.39, 0.29) is 18.0 Å². The number of nitrogens with zero attached hydrogens (tertiary/aromatic N) is 3. The molecule has 7 nitrogen and oxygen atoms in total. The lowest BCUT2D eigenvalue weighted by molar-refractivity contribution is -0.127. The highest BCUT2D eigenvalue weighted by Gasteiger charge is 2.52. The third-order valence-corrected chi connectivity index (χ3v) is 6.26. The molecule has 0 spiro atoms. The Balaban J connectivity index is 1.49. The van der Waals surface area contributed by atoms with Crippen molar-refractivity contribution in [3.8, 4) is 0 Å². The molecule has 2 aliphatic heterocycles. The predicted molar refractivity (Wildman–Crippen MR) is 113 cm³/mol. The van der Waals surface area contributed by atoms with Gasteiger partial charge in [-0.15, -0.1) is 0 Å². The Morgan fingerprint density at radius 2 is 1.76 bits per heavy atom. The number of carbonyl (C=O) groups is 2. The highest BCUT2D eigenvalue weighted by Crippen LogP contribution is 2.44. The Morgan fingerprint density at radius 1 is 1.00 bits per heavy atom. The fourth-order valence-electron chi connectivity index (χ4n) is 4.63. The summed E-state index contributed by atoms with van der Waals surface area (Å²) in [5.74, 6) is 0.0326. The number of nitrogens with one attached hydrogen (secondary N) is 2. The van der Waals surface area contributed by atoms with Crippen LogP contribution in [0.3, 0.4) is 0 Å². The predicted octanol–water partition coefficient (Wildman–Crippen LogP) is 3.04. The standard InChI is InChI=1S/C22H27N5O2/c1-26-14-10-22(20(28)24-18-8-5-12-23-16-18)11-15-27(13-9-19(22)26)21(29)25-17-6-3-2-4-7-17/h2-8,12,16,19H,9-11,13-15H2,1H3,(H,24,28)(H,25,29)/t19-,22-/m0/s1. The van der Waals surface area contributed by atoms with Crippen molar-refractivity contribution in [1.82, 2.24) is 14.8 Å². The SMILES string of the molecule is CN1CC[C@]2(C(=O)Nc3cccnc3)CCN(C(=O)Nc3ccccc3)CC[C@H]12. The monoisotopic (exact) mass is 393 g/mol. The maximum atomic E-state index is 13.4. The zero-order valence-corrected chi connectivity index (χ0v) is 16.7. The lowest BCUT2D eigenvalue weighted by atomic mass is 9.75. The van der Waals surface area contributed by atoms with Gasteiger partial charge in [0.15, 0.2) is 0 Å². The fraction of sp³-hybridized carbons (Fsp3) is 0.409. The van der Waals surface area contributed by atoms with E-state index in [0.717, 1.165) is 25.1 Å². The second kappa shape index (κ2) is 8.21. The van der Waals surface area contributed by atoms with Gasteiger partial charge in [-0.25, -0.2) is 4.79 Å². The first-order chi connectivity index (χ1) is 14.1. The molecular weight excluding hydrogens is 366 g/mol. The van der Waals surface area contributed by atoms with Crippen molar-refractivity contribution in [2.24, 2.45) is 5.41 Å². The molecule has 3 heterocycles. The van der Waals surface area contributed by atoms with Crippen molar-refractivity contribution in [1.29, 1.82) is 0 Å². The van der Waals surface area contributed by atoms with E-state index >= 15 is 0 Å². The molecule has 0 bridgehead atoms. The van der Waals surface area contributed by atoms with Crippen LogP contribution in [0.5, 0.6) is 0 Å². The molecule has 2 saturated heterocycles. The van der Waals surface area contributed by atoms with Crippen LogP contribution >= 0.6 is 0 Å². The molecule has 0 unspecified atom stereocenters. The minimum atomic E-state index is -0.494. The van der Waals surface area contributed by atoms with Gasteiger partial charge in [-0.1, -0.05) is 18.2 Å². The summed E-state index contributed by atoms with van der Waals surface area (Å²) in [5, 5.41) is 6.02. The number of para-hydroxylation sites is 1. The van der Waals surface area contributed by atoms with Gasteiger partial charge in [0.25, 0.3) is 0 Å². The fourth-order valence-corrected chi connectivity index (χ4v) is 4.63. The molecule has 7 heteroatoms. The number of hydrogen-bond donors (Lipinski definition) is 2. The van der Waals surface area contributed by atoms with Crippen molar-refractivity contribution in [3.05, 3.63) is 54.9 Å². The van der Waals surface area contributed by atoms with Crippen molar-refractivity contribution in [3.63, 3.8) is 0 Å². The number of aromatic nitrogens is 1. The minimum Gasteiger partial charge on any atom is -0.324 e. The number of carbonyl (C=O) groups excluding carboxylic acids is 2. The van der Waals surface area contributed by atoms with Gasteiger partial charge < -0.3 is 20.4 Å². The Morgan fingerprint density at radius 3 is 2.52 bits per heavy atom. The van der Waals surface area contributed by atoms with Crippen LogP contribution in [0.15, 0.2) is 54.9 Å². The number of pyridine rings is 1. The molecule has 1 aromatic carbocycles. The van der Waals surface area contributed by atoms with Crippen LogP contribution in [-0.2, 0) is 4.79 Å². The summed E-state index contributed by atoms with van der Waals surface area (Å²) in [5.41, 5.74) is 0.998. The van der Waals surface area contributed by atoms with Gasteiger partial charge >= 0.3 is 6.03 Å². The van der Waals surface area contributed by atoms with Crippen molar-refractivity contribution in [2.75, 3.05) is 37.3 Å². The van der Waals surface area contributed by atoms with E-state index in [4.69, 9.17) is 0 Å². The number of rotatable bonds is 3. The maximum absolute atomic E-state index is 13.4. The zero-order chi connectivity index (χ0) is 20.3. The Labute approximate surface area is 171 Å². The molecule has 2 N–H and O–H groups in total. The summed E-state index contributed by atoms with van der Waals surface area (Å²) in [6.45, 7) is 2.08. The number of hydrogen-bond acceptors (Lipinski definition) is 4. The number of anilines is 2. The van der Waals surface area contributed by atoms with Crippen LogP contribution in [0.4, 0.5) is 16.2 Å². The highest BCUT2D eigenvalue weighted by molar-refractivity contribution is 5.96. The molecule has 2 atom stereocenters. The molecule has 152 valence electrons. The summed E-state index contributed by atoms with van der Waals surface area (Å²) < 4.78 is 0. The van der Waals surface area contributed by atoms with E-state index in [2.05, 4.69) is 27.6 Å². The smallest absolute Gasteiger partial charge is 0.321 e. The van der Waals surface area contributed by atoms with Crippen molar-refractivity contribution < 1.29 is 9.59 Å². The topological polar surface area (TPSA) is 77.6 Å². The zero-order valence-electron chi connectivity index (χ0n) is 16.7. The second-order valence-corrected chi connectivity index (χ2v) is 7.92. The first-order valence-corrected chi connectivity index (χ1v) is 10.1. The largest absolute Gasteiger partial charge is 0.324 e. The second-order valence-electron chi connectivity index (χ2n) is 7.92. The molecular formula is C22H27N5O2. The summed E-state index contributed by atoms with van der Waals surface area (Å²) >= 11 is 0. The van der Waals surface area contributed by atoms with Gasteiger partial charge in [-0.3, -0.25) is 9.78 Å². The summed E-state index contributed by atoms with van der Waals surface area (Å²) in [4.78, 5) is 34.3. The molecule has 0 aliphatic carbocycles. The third-order valence-electron chi connectivity index (χ3n) is 6.26. The summed E-state index contributed by atoms with van der Waals surface area (Å²) in [6, 6.07) is 13.1. The van der Waals surface area contributed by atoms with Crippen LogP contribution < -0.4 is 10.6 Å². The molecule has 0 radical (unpaired) electrons. The number of fused-ring (bicyclic) bond motifs is 1. The van der Waals surface area contributed by atoms with Crippen molar-refractivity contribution >= 4 is 23.3 Å². The highest BCUT2D eigenvalue weighted by atomic mass is 16.2. The average Bonchev–Trinajstić information content (AvgIpc) is 2.94. The Kier molecular flexibility index (Phi) is 5.49. The van der Waals surface area contributed by atoms with Gasteiger partial charge in [-0.2, -0.15) is 0 Å². The lowest BCUT2D eigenvalue weighted by Crippen LogP contribution is -2.46. The molecule has 2 aliphatic rings. The van der Waals surface area contributed by atoms with E-state index in [1.54, 1.807) is 12.4 Å². The molecule has 1 aromatic heterocycles. The number of amides is 3. The van der Waals surface area contributed by atoms with Crippen LogP contribution in [0.1, 0.15) is 19.3 Å². The van der Waals surface area contributed by atoms with Gasteiger partial charge in [0, 0.05) is 31.0 Å². The molecule has 0 saturated carbocycles. The van der Waals surface area contributed by atoms with Crippen molar-refractivity contribution in [2.45, 2.75) is 25.3 Å². The molecule has 4 rings (SSSR count). The molecule has 29 heavy (non-hydrogen) atoms. The molecule has 2 fully saturated rings.